The van der Waals surface area contributed by atoms with Crippen LogP contribution in [0.4, 0.5) is 8.78 Å². The van der Waals surface area contributed by atoms with Gasteiger partial charge in [0.25, 0.3) is 0 Å². The summed E-state index contributed by atoms with van der Waals surface area (Å²) in [5.41, 5.74) is 0.0351. The van der Waals surface area contributed by atoms with Gasteiger partial charge in [-0.3, -0.25) is 4.79 Å². The van der Waals surface area contributed by atoms with Gasteiger partial charge in [-0.2, -0.15) is 0 Å². The minimum atomic E-state index is -0.935. The van der Waals surface area contributed by atoms with Crippen LogP contribution in [-0.2, 0) is 10.2 Å². The molecule has 0 spiro atoms. The molecule has 0 bridgehead atoms. The summed E-state index contributed by atoms with van der Waals surface area (Å²) in [5.74, 6) is -2.79. The standard InChI is InChI=1S/C11H9BrF2O2/c12-7-4-9(14)8(13)3-6(7)11(1-2-11)5-10(15)16/h3-4H,1-2,5H2,(H,15,16). The molecular formula is C11H9BrF2O2. The van der Waals surface area contributed by atoms with E-state index < -0.39 is 23.0 Å². The Hall–Kier alpha value is -0.970. The summed E-state index contributed by atoms with van der Waals surface area (Å²) < 4.78 is 26.5. The first kappa shape index (κ1) is 11.5. The molecule has 0 unspecified atom stereocenters. The topological polar surface area (TPSA) is 37.3 Å². The lowest BCUT2D eigenvalue weighted by Crippen LogP contribution is -2.14. The van der Waals surface area contributed by atoms with Crippen molar-refractivity contribution in [2.24, 2.45) is 0 Å². The average Bonchev–Trinajstić information content (AvgIpc) is 2.91. The van der Waals surface area contributed by atoms with Gasteiger partial charge >= 0.3 is 5.97 Å². The first-order valence-electron chi connectivity index (χ1n) is 4.81. The van der Waals surface area contributed by atoms with Crippen molar-refractivity contribution < 1.29 is 18.7 Å². The lowest BCUT2D eigenvalue weighted by molar-refractivity contribution is -0.137. The van der Waals surface area contributed by atoms with E-state index >= 15 is 0 Å². The highest BCUT2D eigenvalue weighted by molar-refractivity contribution is 9.10. The number of halogens is 3. The smallest absolute Gasteiger partial charge is 0.304 e. The van der Waals surface area contributed by atoms with Gasteiger partial charge in [-0.1, -0.05) is 15.9 Å². The van der Waals surface area contributed by atoms with Crippen LogP contribution in [0.5, 0.6) is 0 Å². The summed E-state index contributed by atoms with van der Waals surface area (Å²) in [7, 11) is 0. The third kappa shape index (κ3) is 1.96. The third-order valence-electron chi connectivity index (χ3n) is 2.92. The van der Waals surface area contributed by atoms with Gasteiger partial charge in [-0.25, -0.2) is 8.78 Å². The third-order valence-corrected chi connectivity index (χ3v) is 3.58. The van der Waals surface area contributed by atoms with Crippen molar-refractivity contribution in [1.29, 1.82) is 0 Å². The fourth-order valence-electron chi connectivity index (χ4n) is 1.91. The highest BCUT2D eigenvalue weighted by Crippen LogP contribution is 2.53. The van der Waals surface area contributed by atoms with E-state index in [9.17, 15) is 13.6 Å². The molecule has 0 aromatic heterocycles. The van der Waals surface area contributed by atoms with E-state index in [0.717, 1.165) is 12.1 Å². The maximum absolute atomic E-state index is 13.1. The highest BCUT2D eigenvalue weighted by Gasteiger charge is 2.47. The van der Waals surface area contributed by atoms with Gasteiger partial charge in [-0.15, -0.1) is 0 Å². The summed E-state index contributed by atoms with van der Waals surface area (Å²) in [6.07, 6.45) is 1.35. The Bertz CT molecular complexity index is 456. The van der Waals surface area contributed by atoms with Gasteiger partial charge in [-0.05, 0) is 30.5 Å². The molecule has 0 amide bonds. The van der Waals surface area contributed by atoms with Crippen molar-refractivity contribution in [3.63, 3.8) is 0 Å². The average molecular weight is 291 g/mol. The molecule has 2 nitrogen and oxygen atoms in total. The van der Waals surface area contributed by atoms with E-state index in [1.807, 2.05) is 0 Å². The summed E-state index contributed by atoms with van der Waals surface area (Å²) in [6.45, 7) is 0. The van der Waals surface area contributed by atoms with Crippen LogP contribution in [0.2, 0.25) is 0 Å². The molecule has 1 saturated carbocycles. The number of carbonyl (C=O) groups is 1. The molecule has 1 aromatic rings. The van der Waals surface area contributed by atoms with E-state index in [0.29, 0.717) is 22.9 Å². The van der Waals surface area contributed by atoms with Crippen LogP contribution in [0.25, 0.3) is 0 Å². The molecule has 16 heavy (non-hydrogen) atoms. The fourth-order valence-corrected chi connectivity index (χ4v) is 2.65. The molecule has 1 aliphatic rings. The van der Waals surface area contributed by atoms with Crippen molar-refractivity contribution in [2.75, 3.05) is 0 Å². The maximum Gasteiger partial charge on any atom is 0.304 e. The Morgan fingerprint density at radius 3 is 2.44 bits per heavy atom. The van der Waals surface area contributed by atoms with Crippen LogP contribution in [-0.4, -0.2) is 11.1 Å². The first-order valence-corrected chi connectivity index (χ1v) is 5.61. The number of aliphatic carboxylic acids is 1. The summed E-state index contributed by atoms with van der Waals surface area (Å²) in [5, 5.41) is 8.78. The molecule has 0 atom stereocenters. The number of hydrogen-bond acceptors (Lipinski definition) is 1. The molecule has 1 aromatic carbocycles. The SMILES string of the molecule is O=C(O)CC1(c2cc(F)c(F)cc2Br)CC1. The molecule has 1 aliphatic carbocycles. The zero-order chi connectivity index (χ0) is 11.9. The highest BCUT2D eigenvalue weighted by atomic mass is 79.9. The lowest BCUT2D eigenvalue weighted by atomic mass is 9.92. The molecule has 0 heterocycles. The monoisotopic (exact) mass is 290 g/mol. The minimum Gasteiger partial charge on any atom is -0.481 e. The molecule has 2 rings (SSSR count). The van der Waals surface area contributed by atoms with Gasteiger partial charge in [0.15, 0.2) is 11.6 Å². The minimum absolute atomic E-state index is 0.0450. The molecule has 86 valence electrons. The Kier molecular flexibility index (Phi) is 2.74. The molecule has 1 N–H and O–H groups in total. The Morgan fingerprint density at radius 2 is 1.94 bits per heavy atom. The van der Waals surface area contributed by atoms with Crippen LogP contribution in [0.1, 0.15) is 24.8 Å². The Morgan fingerprint density at radius 1 is 1.38 bits per heavy atom. The van der Waals surface area contributed by atoms with E-state index in [1.54, 1.807) is 0 Å². The van der Waals surface area contributed by atoms with Crippen molar-refractivity contribution in [1.82, 2.24) is 0 Å². The second kappa shape index (κ2) is 3.80. The fraction of sp³-hybridized carbons (Fsp3) is 0.364. The number of benzene rings is 1. The normalized spacial score (nSPS) is 17.2. The number of hydrogen-bond donors (Lipinski definition) is 1. The molecule has 0 aliphatic heterocycles. The van der Waals surface area contributed by atoms with E-state index in [4.69, 9.17) is 5.11 Å². The van der Waals surface area contributed by atoms with Crippen LogP contribution in [0.3, 0.4) is 0 Å². The van der Waals surface area contributed by atoms with Gasteiger partial charge in [0.1, 0.15) is 0 Å². The maximum atomic E-state index is 13.1. The van der Waals surface area contributed by atoms with E-state index in [-0.39, 0.29) is 6.42 Å². The zero-order valence-electron chi connectivity index (χ0n) is 8.27. The summed E-state index contributed by atoms with van der Waals surface area (Å²) in [6, 6.07) is 2.14. The Balaban J connectivity index is 2.41. The second-order valence-corrected chi connectivity index (χ2v) is 4.95. The quantitative estimate of drug-likeness (QED) is 0.868. The molecule has 1 fully saturated rings. The van der Waals surface area contributed by atoms with Crippen LogP contribution in [0, 0.1) is 11.6 Å². The number of rotatable bonds is 3. The van der Waals surface area contributed by atoms with Gasteiger partial charge < -0.3 is 5.11 Å². The van der Waals surface area contributed by atoms with Gasteiger partial charge in [0.2, 0.25) is 0 Å². The molecular weight excluding hydrogens is 282 g/mol. The Labute approximate surface area is 99.4 Å². The summed E-state index contributed by atoms with van der Waals surface area (Å²) in [4.78, 5) is 10.7. The largest absolute Gasteiger partial charge is 0.481 e. The summed E-state index contributed by atoms with van der Waals surface area (Å²) >= 11 is 3.15. The lowest BCUT2D eigenvalue weighted by Gasteiger charge is -2.15. The number of carboxylic acids is 1. The predicted molar refractivity (Wildman–Crippen MR) is 57.2 cm³/mol. The molecule has 5 heteroatoms. The number of carboxylic acid groups (broad SMARTS) is 1. The van der Waals surface area contributed by atoms with Gasteiger partial charge in [0.05, 0.1) is 6.42 Å². The second-order valence-electron chi connectivity index (χ2n) is 4.10. The van der Waals surface area contributed by atoms with Crippen molar-refractivity contribution in [2.45, 2.75) is 24.7 Å². The van der Waals surface area contributed by atoms with Crippen molar-refractivity contribution >= 4 is 21.9 Å². The van der Waals surface area contributed by atoms with Crippen LogP contribution >= 0.6 is 15.9 Å². The van der Waals surface area contributed by atoms with Crippen LogP contribution in [0.15, 0.2) is 16.6 Å². The van der Waals surface area contributed by atoms with Crippen molar-refractivity contribution in [3.8, 4) is 0 Å². The van der Waals surface area contributed by atoms with Crippen LogP contribution < -0.4 is 0 Å². The predicted octanol–water partition coefficient (Wildman–Crippen LogP) is 3.23. The van der Waals surface area contributed by atoms with E-state index in [1.165, 1.54) is 0 Å². The molecule has 0 radical (unpaired) electrons. The zero-order valence-corrected chi connectivity index (χ0v) is 9.85. The van der Waals surface area contributed by atoms with E-state index in [2.05, 4.69) is 15.9 Å². The van der Waals surface area contributed by atoms with Crippen molar-refractivity contribution in [3.05, 3.63) is 33.8 Å². The molecule has 0 saturated heterocycles. The van der Waals surface area contributed by atoms with Gasteiger partial charge in [0, 0.05) is 9.89 Å². The first-order chi connectivity index (χ1) is 7.44.